The van der Waals surface area contributed by atoms with E-state index in [1.807, 2.05) is 45.0 Å². The van der Waals surface area contributed by atoms with Gasteiger partial charge < -0.3 is 14.6 Å². The van der Waals surface area contributed by atoms with Gasteiger partial charge in [0.1, 0.15) is 18.5 Å². The van der Waals surface area contributed by atoms with Crippen molar-refractivity contribution >= 4 is 0 Å². The zero-order chi connectivity index (χ0) is 12.0. The number of ether oxygens (including phenoxy) is 2. The Bertz CT molecular complexity index is 310. The highest BCUT2D eigenvalue weighted by atomic mass is 16.5. The second-order valence-electron chi connectivity index (χ2n) is 4.16. The van der Waals surface area contributed by atoms with Crippen LogP contribution < -0.4 is 4.74 Å². The van der Waals surface area contributed by atoms with Crippen LogP contribution in [0, 0.1) is 6.92 Å². The Labute approximate surface area is 97.0 Å². The third kappa shape index (κ3) is 5.14. The van der Waals surface area contributed by atoms with Crippen LogP contribution in [0.15, 0.2) is 24.3 Å². The van der Waals surface area contributed by atoms with E-state index in [2.05, 4.69) is 0 Å². The quantitative estimate of drug-likeness (QED) is 0.804. The van der Waals surface area contributed by atoms with Gasteiger partial charge in [0.2, 0.25) is 0 Å². The maximum Gasteiger partial charge on any atom is 0.119 e. The molecule has 3 heteroatoms. The average Bonchev–Trinajstić information content (AvgIpc) is 2.23. The largest absolute Gasteiger partial charge is 0.491 e. The summed E-state index contributed by atoms with van der Waals surface area (Å²) in [5, 5.41) is 9.58. The topological polar surface area (TPSA) is 38.7 Å². The van der Waals surface area contributed by atoms with Gasteiger partial charge in [0.05, 0.1) is 12.7 Å². The Morgan fingerprint density at radius 2 is 2.00 bits per heavy atom. The van der Waals surface area contributed by atoms with Crippen molar-refractivity contribution in [2.45, 2.75) is 33.0 Å². The summed E-state index contributed by atoms with van der Waals surface area (Å²) in [4.78, 5) is 0. The van der Waals surface area contributed by atoms with Crippen molar-refractivity contribution < 1.29 is 14.6 Å². The number of benzene rings is 1. The first-order valence-electron chi connectivity index (χ1n) is 5.57. The Morgan fingerprint density at radius 3 is 2.62 bits per heavy atom. The molecule has 0 aliphatic carbocycles. The van der Waals surface area contributed by atoms with Gasteiger partial charge in [-0.2, -0.15) is 0 Å². The highest BCUT2D eigenvalue weighted by Crippen LogP contribution is 2.12. The molecule has 1 aromatic carbocycles. The van der Waals surface area contributed by atoms with E-state index >= 15 is 0 Å². The van der Waals surface area contributed by atoms with Crippen molar-refractivity contribution in [2.24, 2.45) is 0 Å². The second kappa shape index (κ2) is 6.51. The minimum atomic E-state index is -0.581. The lowest BCUT2D eigenvalue weighted by Crippen LogP contribution is -2.25. The van der Waals surface area contributed by atoms with E-state index in [0.717, 1.165) is 11.3 Å². The van der Waals surface area contributed by atoms with E-state index in [4.69, 9.17) is 9.47 Å². The minimum Gasteiger partial charge on any atom is -0.491 e. The number of hydrogen-bond donors (Lipinski definition) is 1. The lowest BCUT2D eigenvalue weighted by atomic mass is 10.2. The SMILES string of the molecule is Cc1cccc(OCC(O)COC(C)C)c1. The molecule has 3 nitrogen and oxygen atoms in total. The molecule has 0 bridgehead atoms. The van der Waals surface area contributed by atoms with E-state index in [-0.39, 0.29) is 12.7 Å². The van der Waals surface area contributed by atoms with Gasteiger partial charge in [0, 0.05) is 0 Å². The molecule has 0 aliphatic rings. The predicted molar refractivity (Wildman–Crippen MR) is 63.8 cm³/mol. The molecule has 0 radical (unpaired) electrons. The smallest absolute Gasteiger partial charge is 0.119 e. The molecule has 1 N–H and O–H groups in total. The fourth-order valence-corrected chi connectivity index (χ4v) is 1.25. The lowest BCUT2D eigenvalue weighted by Gasteiger charge is -2.14. The molecule has 1 rings (SSSR count). The summed E-state index contributed by atoms with van der Waals surface area (Å²) in [5.74, 6) is 0.781. The van der Waals surface area contributed by atoms with Gasteiger partial charge >= 0.3 is 0 Å². The zero-order valence-corrected chi connectivity index (χ0v) is 10.1. The third-order valence-electron chi connectivity index (χ3n) is 2.05. The van der Waals surface area contributed by atoms with Gasteiger partial charge in [-0.1, -0.05) is 12.1 Å². The summed E-state index contributed by atoms with van der Waals surface area (Å²) in [6.07, 6.45) is -0.448. The Kier molecular flexibility index (Phi) is 5.29. The Morgan fingerprint density at radius 1 is 1.25 bits per heavy atom. The standard InChI is InChI=1S/C13H20O3/c1-10(2)15-8-12(14)9-16-13-6-4-5-11(3)7-13/h4-7,10,12,14H,8-9H2,1-3H3. The second-order valence-corrected chi connectivity index (χ2v) is 4.16. The number of aliphatic hydroxyl groups is 1. The Balaban J connectivity index is 2.28. The summed E-state index contributed by atoms with van der Waals surface area (Å²) in [5.41, 5.74) is 1.14. The van der Waals surface area contributed by atoms with E-state index in [9.17, 15) is 5.11 Å². The van der Waals surface area contributed by atoms with Crippen LogP contribution in [0.2, 0.25) is 0 Å². The molecule has 1 aromatic rings. The van der Waals surface area contributed by atoms with Crippen LogP contribution in [-0.4, -0.2) is 30.5 Å². The van der Waals surface area contributed by atoms with Crippen molar-refractivity contribution in [1.29, 1.82) is 0 Å². The van der Waals surface area contributed by atoms with Crippen molar-refractivity contribution in [2.75, 3.05) is 13.2 Å². The summed E-state index contributed by atoms with van der Waals surface area (Å²) < 4.78 is 10.7. The third-order valence-corrected chi connectivity index (χ3v) is 2.05. The van der Waals surface area contributed by atoms with E-state index in [1.165, 1.54) is 0 Å². The van der Waals surface area contributed by atoms with Crippen LogP contribution in [0.4, 0.5) is 0 Å². The lowest BCUT2D eigenvalue weighted by molar-refractivity contribution is -0.0122. The number of aryl methyl sites for hydroxylation is 1. The van der Waals surface area contributed by atoms with Gasteiger partial charge in [-0.15, -0.1) is 0 Å². The molecule has 0 saturated heterocycles. The van der Waals surface area contributed by atoms with Gasteiger partial charge in [0.25, 0.3) is 0 Å². The molecule has 0 aromatic heterocycles. The fourth-order valence-electron chi connectivity index (χ4n) is 1.25. The highest BCUT2D eigenvalue weighted by Gasteiger charge is 2.06. The molecule has 16 heavy (non-hydrogen) atoms. The van der Waals surface area contributed by atoms with Crippen molar-refractivity contribution in [3.8, 4) is 5.75 Å². The predicted octanol–water partition coefficient (Wildman–Crippen LogP) is 2.16. The number of rotatable bonds is 6. The van der Waals surface area contributed by atoms with Gasteiger partial charge in [0.15, 0.2) is 0 Å². The molecule has 0 fully saturated rings. The van der Waals surface area contributed by atoms with Gasteiger partial charge in [-0.25, -0.2) is 0 Å². The van der Waals surface area contributed by atoms with E-state index in [1.54, 1.807) is 0 Å². The maximum absolute atomic E-state index is 9.58. The first-order valence-corrected chi connectivity index (χ1v) is 5.57. The van der Waals surface area contributed by atoms with Crippen LogP contribution in [0.5, 0.6) is 5.75 Å². The molecule has 1 atom stereocenters. The molecule has 0 heterocycles. The van der Waals surface area contributed by atoms with Gasteiger partial charge in [-0.05, 0) is 38.5 Å². The van der Waals surface area contributed by atoms with Crippen LogP contribution >= 0.6 is 0 Å². The Hall–Kier alpha value is -1.06. The monoisotopic (exact) mass is 224 g/mol. The molecular weight excluding hydrogens is 204 g/mol. The van der Waals surface area contributed by atoms with Crippen molar-refractivity contribution in [3.05, 3.63) is 29.8 Å². The summed E-state index contributed by atoms with van der Waals surface area (Å²) in [6.45, 7) is 6.45. The van der Waals surface area contributed by atoms with Gasteiger partial charge in [-0.3, -0.25) is 0 Å². The summed E-state index contributed by atoms with van der Waals surface area (Å²) in [6, 6.07) is 7.76. The molecule has 1 unspecified atom stereocenters. The minimum absolute atomic E-state index is 0.133. The maximum atomic E-state index is 9.58. The van der Waals surface area contributed by atoms with Crippen molar-refractivity contribution in [3.63, 3.8) is 0 Å². The normalized spacial score (nSPS) is 12.8. The first kappa shape index (κ1) is 13.0. The van der Waals surface area contributed by atoms with E-state index in [0.29, 0.717) is 6.61 Å². The fraction of sp³-hybridized carbons (Fsp3) is 0.538. The highest BCUT2D eigenvalue weighted by molar-refractivity contribution is 5.27. The van der Waals surface area contributed by atoms with Crippen LogP contribution in [0.1, 0.15) is 19.4 Å². The van der Waals surface area contributed by atoms with Crippen LogP contribution in [0.3, 0.4) is 0 Å². The first-order chi connectivity index (χ1) is 7.58. The van der Waals surface area contributed by atoms with Crippen molar-refractivity contribution in [1.82, 2.24) is 0 Å². The molecule has 0 amide bonds. The number of aliphatic hydroxyl groups excluding tert-OH is 1. The summed E-state index contributed by atoms with van der Waals surface area (Å²) in [7, 11) is 0. The van der Waals surface area contributed by atoms with Crippen LogP contribution in [-0.2, 0) is 4.74 Å². The molecule has 0 spiro atoms. The molecule has 90 valence electrons. The summed E-state index contributed by atoms with van der Waals surface area (Å²) >= 11 is 0. The number of hydrogen-bond acceptors (Lipinski definition) is 3. The average molecular weight is 224 g/mol. The van der Waals surface area contributed by atoms with E-state index < -0.39 is 6.10 Å². The zero-order valence-electron chi connectivity index (χ0n) is 10.1. The molecular formula is C13H20O3. The van der Waals surface area contributed by atoms with Crippen LogP contribution in [0.25, 0.3) is 0 Å². The molecule has 0 aliphatic heterocycles. The molecule has 0 saturated carbocycles.